The molecule has 0 radical (unpaired) electrons. The van der Waals surface area contributed by atoms with Crippen LogP contribution in [0.4, 0.5) is 0 Å². The third-order valence-corrected chi connectivity index (χ3v) is 3.28. The highest BCUT2D eigenvalue weighted by atomic mass is 79.9. The average molecular weight is 287 g/mol. The smallest absolute Gasteiger partial charge is 0.0820 e. The zero-order valence-corrected chi connectivity index (χ0v) is 11.4. The van der Waals surface area contributed by atoms with E-state index in [0.717, 1.165) is 17.6 Å². The Morgan fingerprint density at radius 1 is 1.44 bits per heavy atom. The summed E-state index contributed by atoms with van der Waals surface area (Å²) in [5, 5.41) is 0. The maximum atomic E-state index is 5.59. The first kappa shape index (κ1) is 13.6. The van der Waals surface area contributed by atoms with E-state index in [9.17, 15) is 0 Å². The molecular weight excluding hydrogens is 268 g/mol. The summed E-state index contributed by atoms with van der Waals surface area (Å²) >= 11 is 3.54. The molecule has 0 spiro atoms. The number of rotatable bonds is 6. The van der Waals surface area contributed by atoms with Crippen LogP contribution in [-0.2, 0) is 11.3 Å². The molecule has 0 saturated heterocycles. The van der Waals surface area contributed by atoms with Gasteiger partial charge in [-0.1, -0.05) is 34.1 Å². The summed E-state index contributed by atoms with van der Waals surface area (Å²) in [6.45, 7) is 2.28. The molecule has 90 valence electrons. The molecule has 0 bridgehead atoms. The third-order valence-electron chi connectivity index (χ3n) is 2.51. The van der Waals surface area contributed by atoms with E-state index in [1.807, 2.05) is 12.1 Å². The van der Waals surface area contributed by atoms with Gasteiger partial charge in [-0.15, -0.1) is 0 Å². The standard InChI is InChI=1S/C12H19BrN2O/c1-15(9-11(7-14)16-2)8-10-5-3-4-6-12(10)13/h3-6,11H,7-9,14H2,1-2H3. The summed E-state index contributed by atoms with van der Waals surface area (Å²) in [7, 11) is 3.77. The number of methoxy groups -OCH3 is 1. The summed E-state index contributed by atoms with van der Waals surface area (Å²) in [5.74, 6) is 0. The van der Waals surface area contributed by atoms with Crippen molar-refractivity contribution >= 4 is 15.9 Å². The highest BCUT2D eigenvalue weighted by Gasteiger charge is 2.09. The van der Waals surface area contributed by atoms with Crippen molar-refractivity contribution in [2.24, 2.45) is 5.73 Å². The number of hydrogen-bond donors (Lipinski definition) is 1. The molecule has 1 unspecified atom stereocenters. The predicted molar refractivity (Wildman–Crippen MR) is 70.3 cm³/mol. The number of ether oxygens (including phenoxy) is 1. The van der Waals surface area contributed by atoms with Gasteiger partial charge in [-0.2, -0.15) is 0 Å². The van der Waals surface area contributed by atoms with Crippen molar-refractivity contribution in [3.05, 3.63) is 34.3 Å². The van der Waals surface area contributed by atoms with Crippen molar-refractivity contribution < 1.29 is 4.74 Å². The zero-order valence-electron chi connectivity index (χ0n) is 9.82. The molecule has 3 nitrogen and oxygen atoms in total. The van der Waals surface area contributed by atoms with E-state index in [1.165, 1.54) is 5.56 Å². The molecule has 1 atom stereocenters. The summed E-state index contributed by atoms with van der Waals surface area (Å²) in [6.07, 6.45) is 0.104. The topological polar surface area (TPSA) is 38.5 Å². The second kappa shape index (κ2) is 7.01. The molecule has 0 saturated carbocycles. The second-order valence-corrected chi connectivity index (χ2v) is 4.74. The van der Waals surface area contributed by atoms with Gasteiger partial charge in [0.2, 0.25) is 0 Å². The van der Waals surface area contributed by atoms with Crippen LogP contribution in [0.15, 0.2) is 28.7 Å². The van der Waals surface area contributed by atoms with Gasteiger partial charge < -0.3 is 10.5 Å². The lowest BCUT2D eigenvalue weighted by Crippen LogP contribution is -2.35. The highest BCUT2D eigenvalue weighted by molar-refractivity contribution is 9.10. The molecule has 0 aliphatic heterocycles. The highest BCUT2D eigenvalue weighted by Crippen LogP contribution is 2.17. The first-order valence-electron chi connectivity index (χ1n) is 5.32. The van der Waals surface area contributed by atoms with Crippen LogP contribution >= 0.6 is 15.9 Å². The fraction of sp³-hybridized carbons (Fsp3) is 0.500. The van der Waals surface area contributed by atoms with E-state index < -0.39 is 0 Å². The van der Waals surface area contributed by atoms with Gasteiger partial charge in [-0.3, -0.25) is 4.90 Å². The third kappa shape index (κ3) is 4.22. The van der Waals surface area contributed by atoms with Crippen LogP contribution in [-0.4, -0.2) is 38.3 Å². The molecule has 2 N–H and O–H groups in total. The Hall–Kier alpha value is -0.420. The second-order valence-electron chi connectivity index (χ2n) is 3.88. The molecule has 1 rings (SSSR count). The molecule has 0 amide bonds. The van der Waals surface area contributed by atoms with Crippen molar-refractivity contribution in [3.63, 3.8) is 0 Å². The van der Waals surface area contributed by atoms with Gasteiger partial charge in [-0.25, -0.2) is 0 Å². The van der Waals surface area contributed by atoms with Crippen molar-refractivity contribution in [1.82, 2.24) is 4.90 Å². The Labute approximate surface area is 106 Å². The fourth-order valence-corrected chi connectivity index (χ4v) is 1.99. The van der Waals surface area contributed by atoms with Crippen LogP contribution in [0.2, 0.25) is 0 Å². The lowest BCUT2D eigenvalue weighted by Gasteiger charge is -2.22. The molecule has 0 aromatic heterocycles. The van der Waals surface area contributed by atoms with Crippen LogP contribution in [0.3, 0.4) is 0 Å². The molecule has 0 aliphatic carbocycles. The molecular formula is C12H19BrN2O. The number of hydrogen-bond acceptors (Lipinski definition) is 3. The Kier molecular flexibility index (Phi) is 5.98. The van der Waals surface area contributed by atoms with E-state index in [2.05, 4.69) is 40.0 Å². The van der Waals surface area contributed by atoms with E-state index in [0.29, 0.717) is 6.54 Å². The van der Waals surface area contributed by atoms with Crippen LogP contribution in [0.25, 0.3) is 0 Å². The monoisotopic (exact) mass is 286 g/mol. The van der Waals surface area contributed by atoms with Gasteiger partial charge >= 0.3 is 0 Å². The normalized spacial score (nSPS) is 13.1. The van der Waals surface area contributed by atoms with Gasteiger partial charge in [0.25, 0.3) is 0 Å². The van der Waals surface area contributed by atoms with Crippen molar-refractivity contribution in [2.45, 2.75) is 12.6 Å². The molecule has 16 heavy (non-hydrogen) atoms. The van der Waals surface area contributed by atoms with E-state index in [-0.39, 0.29) is 6.10 Å². The van der Waals surface area contributed by atoms with E-state index in [4.69, 9.17) is 10.5 Å². The van der Waals surface area contributed by atoms with Gasteiger partial charge in [0, 0.05) is 31.2 Å². The van der Waals surface area contributed by atoms with Crippen LogP contribution < -0.4 is 5.73 Å². The van der Waals surface area contributed by atoms with Crippen LogP contribution in [0.1, 0.15) is 5.56 Å². The first-order valence-corrected chi connectivity index (χ1v) is 6.11. The lowest BCUT2D eigenvalue weighted by atomic mass is 10.2. The first-order chi connectivity index (χ1) is 7.67. The number of nitrogens with two attached hydrogens (primary N) is 1. The molecule has 0 fully saturated rings. The Balaban J connectivity index is 2.51. The quantitative estimate of drug-likeness (QED) is 0.868. The summed E-state index contributed by atoms with van der Waals surface area (Å²) in [6, 6.07) is 8.24. The molecule has 1 aromatic carbocycles. The number of benzene rings is 1. The molecule has 4 heteroatoms. The van der Waals surface area contributed by atoms with E-state index >= 15 is 0 Å². The zero-order chi connectivity index (χ0) is 12.0. The minimum Gasteiger partial charge on any atom is -0.379 e. The summed E-state index contributed by atoms with van der Waals surface area (Å²) in [4.78, 5) is 2.21. The Morgan fingerprint density at radius 2 is 2.12 bits per heavy atom. The Bertz CT molecular complexity index is 316. The van der Waals surface area contributed by atoms with Gasteiger partial charge in [0.1, 0.15) is 0 Å². The van der Waals surface area contributed by atoms with Crippen LogP contribution in [0.5, 0.6) is 0 Å². The summed E-state index contributed by atoms with van der Waals surface area (Å²) in [5.41, 5.74) is 6.87. The van der Waals surface area contributed by atoms with Crippen molar-refractivity contribution in [3.8, 4) is 0 Å². The van der Waals surface area contributed by atoms with Crippen molar-refractivity contribution in [1.29, 1.82) is 0 Å². The van der Waals surface area contributed by atoms with Crippen LogP contribution in [0, 0.1) is 0 Å². The number of nitrogens with zero attached hydrogens (tertiary/aromatic N) is 1. The lowest BCUT2D eigenvalue weighted by molar-refractivity contribution is 0.0761. The minimum atomic E-state index is 0.104. The van der Waals surface area contributed by atoms with Gasteiger partial charge in [0.05, 0.1) is 6.10 Å². The fourth-order valence-electron chi connectivity index (χ4n) is 1.57. The molecule has 0 aliphatic rings. The average Bonchev–Trinajstić information content (AvgIpc) is 2.29. The van der Waals surface area contributed by atoms with E-state index in [1.54, 1.807) is 7.11 Å². The Morgan fingerprint density at radius 3 is 2.69 bits per heavy atom. The maximum Gasteiger partial charge on any atom is 0.0820 e. The van der Waals surface area contributed by atoms with Gasteiger partial charge in [0.15, 0.2) is 0 Å². The number of halogens is 1. The number of likely N-dealkylation sites (N-methyl/N-ethyl adjacent to an activating group) is 1. The van der Waals surface area contributed by atoms with Crippen molar-refractivity contribution in [2.75, 3.05) is 27.2 Å². The predicted octanol–water partition coefficient (Wildman–Crippen LogP) is 1.85. The maximum absolute atomic E-state index is 5.59. The summed E-state index contributed by atoms with van der Waals surface area (Å²) < 4.78 is 6.40. The van der Waals surface area contributed by atoms with Gasteiger partial charge in [-0.05, 0) is 18.7 Å². The SMILES string of the molecule is COC(CN)CN(C)Cc1ccccc1Br. The molecule has 0 heterocycles. The minimum absolute atomic E-state index is 0.104. The largest absolute Gasteiger partial charge is 0.379 e. The molecule has 1 aromatic rings.